The number of thioether (sulfide) groups is 1. The number of carbonyl (C=O) groups is 2. The quantitative estimate of drug-likeness (QED) is 0.455. The van der Waals surface area contributed by atoms with Crippen molar-refractivity contribution in [3.05, 3.63) is 66.4 Å². The predicted octanol–water partition coefficient (Wildman–Crippen LogP) is 5.04. The van der Waals surface area contributed by atoms with E-state index in [-0.39, 0.29) is 17.4 Å². The number of rotatable bonds is 6. The average Bonchev–Trinajstić information content (AvgIpc) is 3.16. The van der Waals surface area contributed by atoms with Gasteiger partial charge in [-0.15, -0.1) is 0 Å². The number of ketones is 1. The van der Waals surface area contributed by atoms with Crippen LogP contribution >= 0.6 is 11.8 Å². The summed E-state index contributed by atoms with van der Waals surface area (Å²) < 4.78 is 0. The van der Waals surface area contributed by atoms with Crippen LogP contribution in [0.1, 0.15) is 31.1 Å². The Morgan fingerprint density at radius 1 is 1.04 bits per heavy atom. The number of aromatic nitrogens is 2. The molecule has 28 heavy (non-hydrogen) atoms. The first-order chi connectivity index (χ1) is 13.3. The molecule has 1 aromatic heterocycles. The number of hydrogen-bond acceptors (Lipinski definition) is 4. The summed E-state index contributed by atoms with van der Waals surface area (Å²) in [6.45, 7) is 5.57. The van der Waals surface area contributed by atoms with Crippen LogP contribution in [0, 0.1) is 5.41 Å². The lowest BCUT2D eigenvalue weighted by Crippen LogP contribution is -2.27. The van der Waals surface area contributed by atoms with Gasteiger partial charge in [0.25, 0.3) is 0 Å². The molecule has 0 aliphatic rings. The maximum absolute atomic E-state index is 12.4. The zero-order valence-corrected chi connectivity index (χ0v) is 17.0. The Kier molecular flexibility index (Phi) is 5.99. The van der Waals surface area contributed by atoms with Crippen molar-refractivity contribution in [2.45, 2.75) is 25.9 Å². The van der Waals surface area contributed by atoms with E-state index in [1.54, 1.807) is 30.5 Å². The molecule has 5 nitrogen and oxygen atoms in total. The normalized spacial score (nSPS) is 11.2. The molecule has 2 N–H and O–H groups in total. The van der Waals surface area contributed by atoms with Crippen LogP contribution in [0.25, 0.3) is 11.3 Å². The Morgan fingerprint density at radius 2 is 1.71 bits per heavy atom. The molecule has 3 rings (SSSR count). The SMILES string of the molecule is CC(C)(C)C(=O)Nc1ccc(C(=O)CSc2ncc(-c3ccccc3)[nH]2)cc1. The summed E-state index contributed by atoms with van der Waals surface area (Å²) in [5.41, 5.74) is 2.81. The summed E-state index contributed by atoms with van der Waals surface area (Å²) >= 11 is 1.37. The molecule has 0 fully saturated rings. The molecule has 0 radical (unpaired) electrons. The van der Waals surface area contributed by atoms with Crippen molar-refractivity contribution < 1.29 is 9.59 Å². The zero-order chi connectivity index (χ0) is 20.1. The largest absolute Gasteiger partial charge is 0.333 e. The van der Waals surface area contributed by atoms with Crippen molar-refractivity contribution in [1.82, 2.24) is 9.97 Å². The smallest absolute Gasteiger partial charge is 0.229 e. The van der Waals surface area contributed by atoms with Crippen molar-refractivity contribution in [2.75, 3.05) is 11.1 Å². The number of nitrogens with zero attached hydrogens (tertiary/aromatic N) is 1. The summed E-state index contributed by atoms with van der Waals surface area (Å²) in [5.74, 6) is 0.237. The highest BCUT2D eigenvalue weighted by atomic mass is 32.2. The molecular weight excluding hydrogens is 370 g/mol. The van der Waals surface area contributed by atoms with Crippen molar-refractivity contribution in [2.24, 2.45) is 5.41 Å². The van der Waals surface area contributed by atoms with Crippen LogP contribution in [-0.2, 0) is 4.79 Å². The zero-order valence-electron chi connectivity index (χ0n) is 16.2. The van der Waals surface area contributed by atoms with Gasteiger partial charge in [-0.2, -0.15) is 0 Å². The fourth-order valence-electron chi connectivity index (χ4n) is 2.42. The van der Waals surface area contributed by atoms with Gasteiger partial charge in [-0.25, -0.2) is 4.98 Å². The first-order valence-electron chi connectivity index (χ1n) is 9.01. The second-order valence-corrected chi connectivity index (χ2v) is 8.43. The van der Waals surface area contributed by atoms with E-state index in [0.29, 0.717) is 16.4 Å². The van der Waals surface area contributed by atoms with Gasteiger partial charge in [0.2, 0.25) is 5.91 Å². The minimum atomic E-state index is -0.466. The number of hydrogen-bond donors (Lipinski definition) is 2. The molecule has 2 aromatic carbocycles. The van der Waals surface area contributed by atoms with E-state index in [2.05, 4.69) is 15.3 Å². The third-order valence-corrected chi connectivity index (χ3v) is 5.01. The lowest BCUT2D eigenvalue weighted by Gasteiger charge is -2.17. The van der Waals surface area contributed by atoms with E-state index >= 15 is 0 Å². The topological polar surface area (TPSA) is 74.8 Å². The fourth-order valence-corrected chi connectivity index (χ4v) is 3.16. The van der Waals surface area contributed by atoms with Crippen LogP contribution in [0.3, 0.4) is 0 Å². The number of carbonyl (C=O) groups excluding carboxylic acids is 2. The highest BCUT2D eigenvalue weighted by Gasteiger charge is 2.21. The van der Waals surface area contributed by atoms with Gasteiger partial charge in [-0.3, -0.25) is 9.59 Å². The van der Waals surface area contributed by atoms with Crippen LogP contribution in [0.5, 0.6) is 0 Å². The third-order valence-electron chi connectivity index (χ3n) is 4.12. The molecule has 1 heterocycles. The maximum atomic E-state index is 12.4. The van der Waals surface area contributed by atoms with E-state index in [4.69, 9.17) is 0 Å². The van der Waals surface area contributed by atoms with E-state index in [9.17, 15) is 9.59 Å². The molecule has 6 heteroatoms. The van der Waals surface area contributed by atoms with Gasteiger partial charge >= 0.3 is 0 Å². The third kappa shape index (κ3) is 5.10. The van der Waals surface area contributed by atoms with Crippen LogP contribution in [0.2, 0.25) is 0 Å². The fraction of sp³-hybridized carbons (Fsp3) is 0.227. The van der Waals surface area contributed by atoms with Gasteiger partial charge in [-0.1, -0.05) is 62.9 Å². The summed E-state index contributed by atoms with van der Waals surface area (Å²) in [5, 5.41) is 3.56. The molecule has 144 valence electrons. The average molecular weight is 394 g/mol. The lowest BCUT2D eigenvalue weighted by molar-refractivity contribution is -0.123. The lowest BCUT2D eigenvalue weighted by atomic mass is 9.95. The van der Waals surface area contributed by atoms with E-state index in [0.717, 1.165) is 11.3 Å². The van der Waals surface area contributed by atoms with Crippen LogP contribution < -0.4 is 5.32 Å². The first kappa shape index (κ1) is 19.9. The van der Waals surface area contributed by atoms with E-state index in [1.807, 2.05) is 51.1 Å². The van der Waals surface area contributed by atoms with Crippen molar-refractivity contribution in [3.8, 4) is 11.3 Å². The number of benzene rings is 2. The minimum Gasteiger partial charge on any atom is -0.333 e. The molecule has 0 atom stereocenters. The highest BCUT2D eigenvalue weighted by Crippen LogP contribution is 2.22. The summed E-state index contributed by atoms with van der Waals surface area (Å²) in [4.78, 5) is 32.0. The molecule has 1 amide bonds. The van der Waals surface area contributed by atoms with Crippen molar-refractivity contribution in [3.63, 3.8) is 0 Å². The van der Waals surface area contributed by atoms with E-state index < -0.39 is 5.41 Å². The van der Waals surface area contributed by atoms with Gasteiger partial charge < -0.3 is 10.3 Å². The minimum absolute atomic E-state index is 0.0105. The molecule has 3 aromatic rings. The number of nitrogens with one attached hydrogen (secondary N) is 2. The van der Waals surface area contributed by atoms with Crippen molar-refractivity contribution in [1.29, 1.82) is 0 Å². The Labute approximate surface area is 169 Å². The van der Waals surface area contributed by atoms with Crippen LogP contribution in [0.4, 0.5) is 5.69 Å². The van der Waals surface area contributed by atoms with Crippen LogP contribution in [0.15, 0.2) is 66.0 Å². The number of anilines is 1. The Balaban J connectivity index is 1.57. The van der Waals surface area contributed by atoms with Gasteiger partial charge in [0, 0.05) is 16.7 Å². The molecule has 0 unspecified atom stereocenters. The molecule has 0 aliphatic heterocycles. The van der Waals surface area contributed by atoms with E-state index in [1.165, 1.54) is 11.8 Å². The molecule has 0 saturated heterocycles. The Bertz CT molecular complexity index is 957. The predicted molar refractivity (Wildman–Crippen MR) is 114 cm³/mol. The number of H-pyrrole nitrogens is 1. The molecule has 0 aliphatic carbocycles. The number of amides is 1. The highest BCUT2D eigenvalue weighted by molar-refractivity contribution is 7.99. The van der Waals surface area contributed by atoms with Gasteiger partial charge in [0.1, 0.15) is 0 Å². The summed E-state index contributed by atoms with van der Waals surface area (Å²) in [7, 11) is 0. The second kappa shape index (κ2) is 8.44. The first-order valence-corrected chi connectivity index (χ1v) is 9.99. The summed E-state index contributed by atoms with van der Waals surface area (Å²) in [6.07, 6.45) is 1.77. The number of Topliss-reactive ketones (excluding diaryl/α,β-unsaturated/α-hetero) is 1. The number of aromatic amines is 1. The standard InChI is InChI=1S/C22H23N3O2S/c1-22(2,3)20(27)24-17-11-9-16(10-12-17)19(26)14-28-21-23-13-18(25-21)15-7-5-4-6-8-15/h4-13H,14H2,1-3H3,(H,23,25)(H,24,27). The van der Waals surface area contributed by atoms with Gasteiger partial charge in [0.05, 0.1) is 17.6 Å². The number of imidazole rings is 1. The molecule has 0 bridgehead atoms. The Hall–Kier alpha value is -2.86. The van der Waals surface area contributed by atoms with Gasteiger partial charge in [0.15, 0.2) is 10.9 Å². The molecule has 0 saturated carbocycles. The molecular formula is C22H23N3O2S. The maximum Gasteiger partial charge on any atom is 0.229 e. The summed E-state index contributed by atoms with van der Waals surface area (Å²) in [6, 6.07) is 16.9. The Morgan fingerprint density at radius 3 is 2.36 bits per heavy atom. The van der Waals surface area contributed by atoms with Gasteiger partial charge in [-0.05, 0) is 29.8 Å². The molecule has 0 spiro atoms. The van der Waals surface area contributed by atoms with Crippen LogP contribution in [-0.4, -0.2) is 27.4 Å². The second-order valence-electron chi connectivity index (χ2n) is 7.46. The monoisotopic (exact) mass is 393 g/mol. The van der Waals surface area contributed by atoms with Crippen molar-refractivity contribution >= 4 is 29.1 Å².